The molecule has 2 aromatic rings. The van der Waals surface area contributed by atoms with Gasteiger partial charge in [0.15, 0.2) is 5.82 Å². The zero-order valence-corrected chi connectivity index (χ0v) is 13.9. The highest BCUT2D eigenvalue weighted by Gasteiger charge is 2.20. The quantitative estimate of drug-likeness (QED) is 0.827. The van der Waals surface area contributed by atoms with Gasteiger partial charge < -0.3 is 15.6 Å². The number of likely N-dealkylation sites (tertiary alicyclic amines) is 1. The van der Waals surface area contributed by atoms with E-state index in [9.17, 15) is 4.79 Å². The fraction of sp³-hybridized carbons (Fsp3) is 0.471. The molecule has 1 saturated heterocycles. The summed E-state index contributed by atoms with van der Waals surface area (Å²) in [6.45, 7) is 5.33. The van der Waals surface area contributed by atoms with E-state index < -0.39 is 5.91 Å². The lowest BCUT2D eigenvalue weighted by Crippen LogP contribution is -2.45. The number of amides is 1. The highest BCUT2D eigenvalue weighted by atomic mass is 16.5. The van der Waals surface area contributed by atoms with E-state index in [1.807, 2.05) is 12.1 Å². The average Bonchev–Trinajstić information content (AvgIpc) is 2.98. The van der Waals surface area contributed by atoms with E-state index in [0.717, 1.165) is 50.4 Å². The van der Waals surface area contributed by atoms with Gasteiger partial charge in [-0.3, -0.25) is 9.69 Å². The SMILES string of the molecule is Cc1nc(CN2CCC[C@@H](NCc3ccc(C(N)=O)cc3)C2)no1. The Balaban J connectivity index is 1.49. The molecule has 1 amide bonds. The van der Waals surface area contributed by atoms with Crippen LogP contribution in [0.4, 0.5) is 0 Å². The predicted octanol–water partition coefficient (Wildman–Crippen LogP) is 1.23. The maximum atomic E-state index is 11.1. The van der Waals surface area contributed by atoms with E-state index in [-0.39, 0.29) is 0 Å². The van der Waals surface area contributed by atoms with E-state index in [0.29, 0.717) is 17.5 Å². The van der Waals surface area contributed by atoms with Crippen molar-refractivity contribution in [2.24, 2.45) is 5.73 Å². The van der Waals surface area contributed by atoms with Gasteiger partial charge in [0.2, 0.25) is 11.8 Å². The van der Waals surface area contributed by atoms with Crippen LogP contribution < -0.4 is 11.1 Å². The fourth-order valence-electron chi connectivity index (χ4n) is 3.02. The summed E-state index contributed by atoms with van der Waals surface area (Å²) in [5.41, 5.74) is 6.94. The summed E-state index contributed by atoms with van der Waals surface area (Å²) < 4.78 is 5.03. The first kappa shape index (κ1) is 16.6. The minimum absolute atomic E-state index is 0.394. The summed E-state index contributed by atoms with van der Waals surface area (Å²) in [6, 6.07) is 7.85. The third kappa shape index (κ3) is 4.39. The van der Waals surface area contributed by atoms with E-state index >= 15 is 0 Å². The molecule has 3 N–H and O–H groups in total. The Hall–Kier alpha value is -2.25. The molecule has 1 fully saturated rings. The van der Waals surface area contributed by atoms with Gasteiger partial charge in [-0.2, -0.15) is 4.98 Å². The maximum absolute atomic E-state index is 11.1. The topological polar surface area (TPSA) is 97.3 Å². The van der Waals surface area contributed by atoms with Crippen molar-refractivity contribution < 1.29 is 9.32 Å². The minimum Gasteiger partial charge on any atom is -0.366 e. The molecule has 7 nitrogen and oxygen atoms in total. The highest BCUT2D eigenvalue weighted by molar-refractivity contribution is 5.92. The summed E-state index contributed by atoms with van der Waals surface area (Å²) >= 11 is 0. The number of hydrogen-bond donors (Lipinski definition) is 2. The van der Waals surface area contributed by atoms with E-state index in [1.54, 1.807) is 19.1 Å². The molecule has 0 aliphatic carbocycles. The van der Waals surface area contributed by atoms with Crippen molar-refractivity contribution in [2.75, 3.05) is 13.1 Å². The van der Waals surface area contributed by atoms with Crippen LogP contribution in [0.3, 0.4) is 0 Å². The van der Waals surface area contributed by atoms with Crippen molar-refractivity contribution in [3.05, 3.63) is 47.1 Å². The zero-order valence-electron chi connectivity index (χ0n) is 13.9. The first-order valence-corrected chi connectivity index (χ1v) is 8.24. The molecule has 1 aromatic heterocycles. The average molecular weight is 329 g/mol. The van der Waals surface area contributed by atoms with Gasteiger partial charge in [-0.25, -0.2) is 0 Å². The fourth-order valence-corrected chi connectivity index (χ4v) is 3.02. The predicted molar refractivity (Wildman–Crippen MR) is 89.1 cm³/mol. The van der Waals surface area contributed by atoms with Crippen LogP contribution in [0.5, 0.6) is 0 Å². The normalized spacial score (nSPS) is 18.6. The summed E-state index contributed by atoms with van der Waals surface area (Å²) in [5, 5.41) is 7.55. The van der Waals surface area contributed by atoms with Crippen LogP contribution in [0.25, 0.3) is 0 Å². The van der Waals surface area contributed by atoms with Gasteiger partial charge in [-0.1, -0.05) is 17.3 Å². The Morgan fingerprint density at radius 1 is 1.42 bits per heavy atom. The number of carbonyl (C=O) groups is 1. The standard InChI is InChI=1S/C17H23N5O2/c1-12-20-16(21-24-12)11-22-8-2-3-15(10-22)19-9-13-4-6-14(7-5-13)17(18)23/h4-7,15,19H,2-3,8-11H2,1H3,(H2,18,23)/t15-/m1/s1. The molecule has 0 spiro atoms. The number of carbonyl (C=O) groups excluding carboxylic acids is 1. The van der Waals surface area contributed by atoms with E-state index in [2.05, 4.69) is 20.4 Å². The zero-order chi connectivity index (χ0) is 16.9. The second-order valence-corrected chi connectivity index (χ2v) is 6.25. The molecule has 1 aliphatic heterocycles. The molecule has 0 radical (unpaired) electrons. The number of benzene rings is 1. The second kappa shape index (κ2) is 7.55. The van der Waals surface area contributed by atoms with Crippen LogP contribution >= 0.6 is 0 Å². The van der Waals surface area contributed by atoms with E-state index in [1.165, 1.54) is 0 Å². The number of hydrogen-bond acceptors (Lipinski definition) is 6. The van der Waals surface area contributed by atoms with Crippen molar-refractivity contribution >= 4 is 5.91 Å². The molecule has 0 saturated carbocycles. The first-order chi connectivity index (χ1) is 11.6. The molecule has 1 aromatic carbocycles. The smallest absolute Gasteiger partial charge is 0.248 e. The number of piperidine rings is 1. The van der Waals surface area contributed by atoms with Gasteiger partial charge in [0, 0.05) is 31.6 Å². The van der Waals surface area contributed by atoms with Crippen molar-refractivity contribution in [3.63, 3.8) is 0 Å². The highest BCUT2D eigenvalue weighted by Crippen LogP contribution is 2.13. The largest absolute Gasteiger partial charge is 0.366 e. The number of nitrogens with two attached hydrogens (primary N) is 1. The number of aryl methyl sites for hydroxylation is 1. The summed E-state index contributed by atoms with van der Waals surface area (Å²) in [5.74, 6) is 0.959. The molecule has 24 heavy (non-hydrogen) atoms. The number of nitrogens with one attached hydrogen (secondary N) is 1. The lowest BCUT2D eigenvalue weighted by Gasteiger charge is -2.32. The van der Waals surface area contributed by atoms with Crippen molar-refractivity contribution in [1.29, 1.82) is 0 Å². The Labute approximate surface area is 141 Å². The monoisotopic (exact) mass is 329 g/mol. The number of primary amides is 1. The lowest BCUT2D eigenvalue weighted by atomic mass is 10.0. The molecular weight excluding hydrogens is 306 g/mol. The van der Waals surface area contributed by atoms with Gasteiger partial charge in [-0.05, 0) is 37.1 Å². The first-order valence-electron chi connectivity index (χ1n) is 8.24. The van der Waals surface area contributed by atoms with Crippen LogP contribution in [0, 0.1) is 6.92 Å². The Bertz CT molecular complexity index is 683. The Morgan fingerprint density at radius 3 is 2.88 bits per heavy atom. The van der Waals surface area contributed by atoms with Gasteiger partial charge >= 0.3 is 0 Å². The van der Waals surface area contributed by atoms with Gasteiger partial charge in [-0.15, -0.1) is 0 Å². The number of aromatic nitrogens is 2. The maximum Gasteiger partial charge on any atom is 0.248 e. The van der Waals surface area contributed by atoms with Crippen LogP contribution in [0.2, 0.25) is 0 Å². The molecule has 2 heterocycles. The lowest BCUT2D eigenvalue weighted by molar-refractivity contribution is 0.100. The van der Waals surface area contributed by atoms with Crippen LogP contribution in [-0.2, 0) is 13.1 Å². The molecule has 1 atom stereocenters. The van der Waals surface area contributed by atoms with Crippen molar-refractivity contribution in [2.45, 2.75) is 38.9 Å². The van der Waals surface area contributed by atoms with Crippen LogP contribution in [-0.4, -0.2) is 40.1 Å². The van der Waals surface area contributed by atoms with Crippen molar-refractivity contribution in [1.82, 2.24) is 20.4 Å². The molecular formula is C17H23N5O2. The van der Waals surface area contributed by atoms with Crippen LogP contribution in [0.15, 0.2) is 28.8 Å². The number of rotatable bonds is 6. The Morgan fingerprint density at radius 2 is 2.21 bits per heavy atom. The third-order valence-corrected chi connectivity index (χ3v) is 4.27. The van der Waals surface area contributed by atoms with Crippen molar-refractivity contribution in [3.8, 4) is 0 Å². The van der Waals surface area contributed by atoms with Gasteiger partial charge in [0.1, 0.15) is 0 Å². The van der Waals surface area contributed by atoms with Crippen LogP contribution in [0.1, 0.15) is 40.5 Å². The summed E-state index contributed by atoms with van der Waals surface area (Å²) in [4.78, 5) is 17.7. The van der Waals surface area contributed by atoms with Gasteiger partial charge in [0.05, 0.1) is 6.54 Å². The van der Waals surface area contributed by atoms with Gasteiger partial charge in [0.25, 0.3) is 0 Å². The Kier molecular flexibility index (Phi) is 5.22. The third-order valence-electron chi connectivity index (χ3n) is 4.27. The summed E-state index contributed by atoms with van der Waals surface area (Å²) in [7, 11) is 0. The summed E-state index contributed by atoms with van der Waals surface area (Å²) in [6.07, 6.45) is 2.30. The molecule has 0 unspecified atom stereocenters. The molecule has 3 rings (SSSR count). The molecule has 7 heteroatoms. The second-order valence-electron chi connectivity index (χ2n) is 6.25. The minimum atomic E-state index is -0.394. The molecule has 0 bridgehead atoms. The molecule has 128 valence electrons. The molecule has 1 aliphatic rings. The number of nitrogens with zero attached hydrogens (tertiary/aromatic N) is 3. The van der Waals surface area contributed by atoms with E-state index in [4.69, 9.17) is 10.3 Å².